The molecule has 4 nitrogen and oxygen atoms in total. The van der Waals surface area contributed by atoms with Crippen LogP contribution in [0.1, 0.15) is 12.8 Å². The number of hydrogen-bond acceptors (Lipinski definition) is 3. The van der Waals surface area contributed by atoms with Crippen LogP contribution in [0.3, 0.4) is 0 Å². The van der Waals surface area contributed by atoms with Crippen molar-refractivity contribution in [2.75, 3.05) is 0 Å². The lowest BCUT2D eigenvalue weighted by atomic mass is 10.2. The molecular weight excluding hydrogens is 106 g/mol. The Morgan fingerprint density at radius 1 is 1.75 bits per heavy atom. The number of carbonyl (C=O) groups is 1. The zero-order chi connectivity index (χ0) is 5.98. The van der Waals surface area contributed by atoms with Gasteiger partial charge in [0.25, 0.3) is 0 Å². The SMILES string of the molecule is NC1CCC(=O)NN1. The van der Waals surface area contributed by atoms with Crippen molar-refractivity contribution < 1.29 is 4.79 Å². The molecule has 0 aromatic heterocycles. The molecule has 1 atom stereocenters. The molecular formula is C4H9N3O. The van der Waals surface area contributed by atoms with E-state index in [0.717, 1.165) is 6.42 Å². The van der Waals surface area contributed by atoms with Gasteiger partial charge in [-0.15, -0.1) is 0 Å². The summed E-state index contributed by atoms with van der Waals surface area (Å²) in [4.78, 5) is 10.4. The molecule has 1 saturated heterocycles. The Hall–Kier alpha value is -0.610. The summed E-state index contributed by atoms with van der Waals surface area (Å²) in [6, 6.07) is 0. The molecule has 0 aromatic rings. The fourth-order valence-electron chi connectivity index (χ4n) is 0.594. The van der Waals surface area contributed by atoms with E-state index in [2.05, 4.69) is 10.9 Å². The van der Waals surface area contributed by atoms with Gasteiger partial charge in [-0.1, -0.05) is 0 Å². The Morgan fingerprint density at radius 3 is 2.88 bits per heavy atom. The molecule has 1 fully saturated rings. The maximum atomic E-state index is 10.4. The average molecular weight is 115 g/mol. The molecule has 1 amide bonds. The Bertz CT molecular complexity index is 93.5. The molecule has 0 saturated carbocycles. The van der Waals surface area contributed by atoms with Crippen molar-refractivity contribution in [1.29, 1.82) is 0 Å². The molecule has 1 heterocycles. The lowest BCUT2D eigenvalue weighted by Crippen LogP contribution is -2.53. The topological polar surface area (TPSA) is 67.2 Å². The van der Waals surface area contributed by atoms with Gasteiger partial charge in [-0.2, -0.15) is 0 Å². The zero-order valence-corrected chi connectivity index (χ0v) is 4.48. The highest BCUT2D eigenvalue weighted by atomic mass is 16.2. The summed E-state index contributed by atoms with van der Waals surface area (Å²) in [6.07, 6.45) is 1.20. The maximum Gasteiger partial charge on any atom is 0.234 e. The van der Waals surface area contributed by atoms with Gasteiger partial charge in [-0.25, -0.2) is 5.43 Å². The first-order chi connectivity index (χ1) is 3.79. The summed E-state index contributed by atoms with van der Waals surface area (Å²) in [5.41, 5.74) is 10.4. The highest BCUT2D eigenvalue weighted by Gasteiger charge is 2.11. The van der Waals surface area contributed by atoms with E-state index in [1.165, 1.54) is 0 Å². The molecule has 4 N–H and O–H groups in total. The molecule has 1 unspecified atom stereocenters. The molecule has 0 spiro atoms. The van der Waals surface area contributed by atoms with Crippen LogP contribution in [0.4, 0.5) is 0 Å². The minimum Gasteiger partial charge on any atom is -0.315 e. The highest BCUT2D eigenvalue weighted by Crippen LogP contribution is 1.94. The number of nitrogens with two attached hydrogens (primary N) is 1. The van der Waals surface area contributed by atoms with Crippen LogP contribution in [-0.4, -0.2) is 12.1 Å². The predicted octanol–water partition coefficient (Wildman–Crippen LogP) is -1.31. The van der Waals surface area contributed by atoms with E-state index in [0.29, 0.717) is 6.42 Å². The van der Waals surface area contributed by atoms with Crippen LogP contribution in [0.2, 0.25) is 0 Å². The lowest BCUT2D eigenvalue weighted by Gasteiger charge is -2.19. The normalized spacial score (nSPS) is 29.6. The van der Waals surface area contributed by atoms with Crippen LogP contribution >= 0.6 is 0 Å². The lowest BCUT2D eigenvalue weighted by molar-refractivity contribution is -0.124. The molecule has 0 bridgehead atoms. The second-order valence-corrected chi connectivity index (χ2v) is 1.84. The summed E-state index contributed by atoms with van der Waals surface area (Å²) >= 11 is 0. The highest BCUT2D eigenvalue weighted by molar-refractivity contribution is 5.75. The van der Waals surface area contributed by atoms with Crippen molar-refractivity contribution in [3.8, 4) is 0 Å². The molecule has 8 heavy (non-hydrogen) atoms. The van der Waals surface area contributed by atoms with E-state index < -0.39 is 0 Å². The summed E-state index contributed by atoms with van der Waals surface area (Å²) < 4.78 is 0. The molecule has 0 radical (unpaired) electrons. The van der Waals surface area contributed by atoms with Gasteiger partial charge in [0.05, 0.1) is 6.17 Å². The molecule has 1 aliphatic rings. The van der Waals surface area contributed by atoms with Crippen LogP contribution in [0, 0.1) is 0 Å². The predicted molar refractivity (Wildman–Crippen MR) is 28.5 cm³/mol. The van der Waals surface area contributed by atoms with Crippen LogP contribution < -0.4 is 16.6 Å². The van der Waals surface area contributed by atoms with Gasteiger partial charge in [0.15, 0.2) is 0 Å². The first-order valence-corrected chi connectivity index (χ1v) is 2.59. The zero-order valence-electron chi connectivity index (χ0n) is 4.48. The molecule has 0 aliphatic carbocycles. The molecule has 1 aliphatic heterocycles. The standard InChI is InChI=1S/C4H9N3O/c5-3-1-2-4(8)7-6-3/h3,6H,1-2,5H2,(H,7,8). The van der Waals surface area contributed by atoms with E-state index in [9.17, 15) is 4.79 Å². The molecule has 1 rings (SSSR count). The van der Waals surface area contributed by atoms with E-state index in [-0.39, 0.29) is 12.1 Å². The second-order valence-electron chi connectivity index (χ2n) is 1.84. The van der Waals surface area contributed by atoms with Crippen molar-refractivity contribution in [1.82, 2.24) is 10.9 Å². The summed E-state index contributed by atoms with van der Waals surface area (Å²) in [5, 5.41) is 0. The van der Waals surface area contributed by atoms with Crippen LogP contribution in [0.25, 0.3) is 0 Å². The fourth-order valence-corrected chi connectivity index (χ4v) is 0.594. The Labute approximate surface area is 47.4 Å². The Kier molecular flexibility index (Phi) is 1.45. The minimum absolute atomic E-state index is 0.0201. The van der Waals surface area contributed by atoms with Gasteiger partial charge in [0.2, 0.25) is 5.91 Å². The van der Waals surface area contributed by atoms with Crippen molar-refractivity contribution in [2.24, 2.45) is 5.73 Å². The third-order valence-electron chi connectivity index (χ3n) is 1.08. The van der Waals surface area contributed by atoms with E-state index >= 15 is 0 Å². The third-order valence-corrected chi connectivity index (χ3v) is 1.08. The first kappa shape index (κ1) is 5.53. The minimum atomic E-state index is -0.0623. The second kappa shape index (κ2) is 2.11. The van der Waals surface area contributed by atoms with E-state index in [1.807, 2.05) is 0 Å². The third kappa shape index (κ3) is 1.18. The monoisotopic (exact) mass is 115 g/mol. The van der Waals surface area contributed by atoms with Crippen molar-refractivity contribution in [3.05, 3.63) is 0 Å². The summed E-state index contributed by atoms with van der Waals surface area (Å²) in [7, 11) is 0. The van der Waals surface area contributed by atoms with Gasteiger partial charge >= 0.3 is 0 Å². The van der Waals surface area contributed by atoms with Crippen LogP contribution in [0.5, 0.6) is 0 Å². The van der Waals surface area contributed by atoms with Crippen molar-refractivity contribution in [3.63, 3.8) is 0 Å². The van der Waals surface area contributed by atoms with Gasteiger partial charge in [0.1, 0.15) is 0 Å². The van der Waals surface area contributed by atoms with Crippen LogP contribution in [-0.2, 0) is 4.79 Å². The van der Waals surface area contributed by atoms with Gasteiger partial charge in [0, 0.05) is 6.42 Å². The van der Waals surface area contributed by atoms with Crippen molar-refractivity contribution in [2.45, 2.75) is 19.0 Å². The smallest absolute Gasteiger partial charge is 0.234 e. The van der Waals surface area contributed by atoms with Gasteiger partial charge < -0.3 is 5.73 Å². The largest absolute Gasteiger partial charge is 0.315 e. The number of hydrazine groups is 1. The van der Waals surface area contributed by atoms with Crippen LogP contribution in [0.15, 0.2) is 0 Å². The average Bonchev–Trinajstić information content (AvgIpc) is 1.77. The van der Waals surface area contributed by atoms with Crippen molar-refractivity contribution >= 4 is 5.91 Å². The quantitative estimate of drug-likeness (QED) is 0.367. The first-order valence-electron chi connectivity index (χ1n) is 2.59. The number of amides is 1. The van der Waals surface area contributed by atoms with E-state index in [4.69, 9.17) is 5.73 Å². The fraction of sp³-hybridized carbons (Fsp3) is 0.750. The Morgan fingerprint density at radius 2 is 2.50 bits per heavy atom. The number of rotatable bonds is 0. The summed E-state index contributed by atoms with van der Waals surface area (Å²) in [5.74, 6) is 0.0201. The molecule has 0 aromatic carbocycles. The van der Waals surface area contributed by atoms with E-state index in [1.54, 1.807) is 0 Å². The molecule has 46 valence electrons. The maximum absolute atomic E-state index is 10.4. The Balaban J connectivity index is 2.29. The number of carbonyl (C=O) groups excluding carboxylic acids is 1. The number of nitrogens with one attached hydrogen (secondary N) is 2. The van der Waals surface area contributed by atoms with Gasteiger partial charge in [-0.3, -0.25) is 10.2 Å². The van der Waals surface area contributed by atoms with Gasteiger partial charge in [-0.05, 0) is 6.42 Å². The number of hydrogen-bond donors (Lipinski definition) is 3. The molecule has 4 heteroatoms. The summed E-state index contributed by atoms with van der Waals surface area (Å²) in [6.45, 7) is 0.